The van der Waals surface area contributed by atoms with Crippen LogP contribution in [0.25, 0.3) is 0 Å². The fraction of sp³-hybridized carbons (Fsp3) is 0.933. The first-order valence-electron chi connectivity index (χ1n) is 7.35. The number of carbonyl (C=O) groups is 1. The van der Waals surface area contributed by atoms with Crippen LogP contribution in [0, 0.1) is 10.8 Å². The number of alkyl halides is 1. The van der Waals surface area contributed by atoms with Crippen LogP contribution in [0.1, 0.15) is 58.8 Å². The summed E-state index contributed by atoms with van der Waals surface area (Å²) >= 11 is 5.90. The van der Waals surface area contributed by atoms with E-state index in [9.17, 15) is 4.79 Å². The van der Waals surface area contributed by atoms with Crippen molar-refractivity contribution in [2.75, 3.05) is 19.0 Å². The third kappa shape index (κ3) is 2.84. The fourth-order valence-electron chi connectivity index (χ4n) is 3.47. The molecule has 0 radical (unpaired) electrons. The van der Waals surface area contributed by atoms with Gasteiger partial charge in [-0.3, -0.25) is 4.79 Å². The Morgan fingerprint density at radius 3 is 2.17 bits per heavy atom. The van der Waals surface area contributed by atoms with Gasteiger partial charge in [-0.2, -0.15) is 0 Å². The van der Waals surface area contributed by atoms with E-state index in [0.29, 0.717) is 11.3 Å². The number of amides is 1. The summed E-state index contributed by atoms with van der Waals surface area (Å²) in [5, 5.41) is 0. The number of rotatable bonds is 2. The number of hydrogen-bond donors (Lipinski definition) is 0. The molecule has 1 saturated carbocycles. The Morgan fingerprint density at radius 1 is 1.11 bits per heavy atom. The van der Waals surface area contributed by atoms with E-state index in [1.54, 1.807) is 0 Å². The number of nitrogens with zero attached hydrogens (tertiary/aromatic N) is 1. The van der Waals surface area contributed by atoms with Gasteiger partial charge in [-0.1, -0.05) is 19.3 Å². The lowest BCUT2D eigenvalue weighted by molar-refractivity contribution is -0.142. The van der Waals surface area contributed by atoms with Gasteiger partial charge in [-0.25, -0.2) is 0 Å². The Labute approximate surface area is 116 Å². The lowest BCUT2D eigenvalue weighted by atomic mass is 9.68. The molecule has 2 nitrogen and oxygen atoms in total. The van der Waals surface area contributed by atoms with Crippen molar-refractivity contribution in [3.63, 3.8) is 0 Å². The third-order valence-electron chi connectivity index (χ3n) is 4.94. The standard InChI is InChI=1S/C15H26ClNO/c1-14(2,12-16)13(18)17-10-8-15(9-11-17)6-4-3-5-7-15/h3-12H2,1-2H3. The minimum absolute atomic E-state index is 0.239. The van der Waals surface area contributed by atoms with Crippen LogP contribution in [-0.2, 0) is 4.79 Å². The van der Waals surface area contributed by atoms with E-state index < -0.39 is 5.41 Å². The molecule has 18 heavy (non-hydrogen) atoms. The van der Waals surface area contributed by atoms with Crippen LogP contribution in [0.4, 0.5) is 0 Å². The quantitative estimate of drug-likeness (QED) is 0.699. The highest BCUT2D eigenvalue weighted by atomic mass is 35.5. The van der Waals surface area contributed by atoms with Crippen LogP contribution in [0.15, 0.2) is 0 Å². The summed E-state index contributed by atoms with van der Waals surface area (Å²) in [5.41, 5.74) is 0.165. The maximum atomic E-state index is 12.4. The van der Waals surface area contributed by atoms with E-state index in [0.717, 1.165) is 13.1 Å². The molecule has 2 aliphatic rings. The first kappa shape index (κ1) is 14.2. The van der Waals surface area contributed by atoms with Crippen LogP contribution in [0.2, 0.25) is 0 Å². The Kier molecular flexibility index (Phi) is 4.25. The molecule has 0 unspecified atom stereocenters. The molecule has 0 aromatic carbocycles. The van der Waals surface area contributed by atoms with Gasteiger partial charge in [-0.05, 0) is 44.9 Å². The predicted molar refractivity (Wildman–Crippen MR) is 75.8 cm³/mol. The minimum atomic E-state index is -0.404. The second-order valence-corrected chi connectivity index (χ2v) is 7.14. The van der Waals surface area contributed by atoms with Crippen molar-refractivity contribution in [2.45, 2.75) is 58.8 Å². The maximum Gasteiger partial charge on any atom is 0.229 e. The zero-order valence-electron chi connectivity index (χ0n) is 11.8. The van der Waals surface area contributed by atoms with Crippen LogP contribution in [0.5, 0.6) is 0 Å². The van der Waals surface area contributed by atoms with Gasteiger partial charge in [0.1, 0.15) is 0 Å². The maximum absolute atomic E-state index is 12.4. The van der Waals surface area contributed by atoms with Gasteiger partial charge < -0.3 is 4.90 Å². The molecule has 0 N–H and O–H groups in total. The number of halogens is 1. The minimum Gasteiger partial charge on any atom is -0.342 e. The van der Waals surface area contributed by atoms with Crippen LogP contribution in [0.3, 0.4) is 0 Å². The van der Waals surface area contributed by atoms with Gasteiger partial charge in [0, 0.05) is 19.0 Å². The molecule has 1 aliphatic heterocycles. The van der Waals surface area contributed by atoms with Gasteiger partial charge in [0.05, 0.1) is 5.41 Å². The second kappa shape index (κ2) is 5.40. The largest absolute Gasteiger partial charge is 0.342 e. The summed E-state index contributed by atoms with van der Waals surface area (Å²) in [6.07, 6.45) is 9.36. The Hall–Kier alpha value is -0.240. The normalized spacial score (nSPS) is 24.3. The molecule has 1 heterocycles. The van der Waals surface area contributed by atoms with Crippen LogP contribution < -0.4 is 0 Å². The molecule has 1 amide bonds. The number of piperidine rings is 1. The smallest absolute Gasteiger partial charge is 0.229 e. The fourth-order valence-corrected chi connectivity index (χ4v) is 3.59. The van der Waals surface area contributed by atoms with Crippen molar-refractivity contribution in [1.82, 2.24) is 4.90 Å². The summed E-state index contributed by atoms with van der Waals surface area (Å²) in [6.45, 7) is 5.79. The molecular formula is C15H26ClNO. The highest BCUT2D eigenvalue weighted by molar-refractivity contribution is 6.19. The third-order valence-corrected chi connectivity index (χ3v) is 5.61. The van der Waals surface area contributed by atoms with E-state index >= 15 is 0 Å². The van der Waals surface area contributed by atoms with E-state index in [1.807, 2.05) is 18.7 Å². The molecule has 2 rings (SSSR count). The highest BCUT2D eigenvalue weighted by Gasteiger charge is 2.39. The van der Waals surface area contributed by atoms with Gasteiger partial charge in [-0.15, -0.1) is 11.6 Å². The van der Waals surface area contributed by atoms with Crippen molar-refractivity contribution in [2.24, 2.45) is 10.8 Å². The summed E-state index contributed by atoms with van der Waals surface area (Å²) in [7, 11) is 0. The van der Waals surface area contributed by atoms with Gasteiger partial charge >= 0.3 is 0 Å². The van der Waals surface area contributed by atoms with Gasteiger partial charge in [0.2, 0.25) is 5.91 Å². The number of carbonyl (C=O) groups excluding carboxylic acids is 1. The van der Waals surface area contributed by atoms with E-state index in [2.05, 4.69) is 0 Å². The topological polar surface area (TPSA) is 20.3 Å². The van der Waals surface area contributed by atoms with Crippen molar-refractivity contribution in [1.29, 1.82) is 0 Å². The van der Waals surface area contributed by atoms with Crippen LogP contribution in [-0.4, -0.2) is 29.8 Å². The summed E-state index contributed by atoms with van der Waals surface area (Å²) < 4.78 is 0. The first-order valence-corrected chi connectivity index (χ1v) is 7.88. The average Bonchev–Trinajstić information content (AvgIpc) is 2.40. The van der Waals surface area contributed by atoms with E-state index in [1.165, 1.54) is 44.9 Å². The van der Waals surface area contributed by atoms with E-state index in [4.69, 9.17) is 11.6 Å². The molecule has 1 saturated heterocycles. The molecule has 0 bridgehead atoms. The number of likely N-dealkylation sites (tertiary alicyclic amines) is 1. The lowest BCUT2D eigenvalue weighted by Crippen LogP contribution is -2.48. The molecule has 0 aromatic heterocycles. The number of hydrogen-bond acceptors (Lipinski definition) is 1. The molecule has 2 fully saturated rings. The van der Waals surface area contributed by atoms with Crippen molar-refractivity contribution < 1.29 is 4.79 Å². The van der Waals surface area contributed by atoms with Crippen molar-refractivity contribution in [3.05, 3.63) is 0 Å². The van der Waals surface area contributed by atoms with Gasteiger partial charge in [0.15, 0.2) is 0 Å². The Morgan fingerprint density at radius 2 is 1.67 bits per heavy atom. The SMILES string of the molecule is CC(C)(CCl)C(=O)N1CCC2(CCCCC2)CC1. The molecule has 3 heteroatoms. The monoisotopic (exact) mass is 271 g/mol. The summed E-state index contributed by atoms with van der Waals surface area (Å²) in [5.74, 6) is 0.649. The second-order valence-electron chi connectivity index (χ2n) is 6.87. The van der Waals surface area contributed by atoms with Crippen molar-refractivity contribution >= 4 is 17.5 Å². The average molecular weight is 272 g/mol. The molecule has 0 aromatic rings. The molecular weight excluding hydrogens is 246 g/mol. The zero-order chi connectivity index (χ0) is 13.2. The first-order chi connectivity index (χ1) is 8.49. The highest BCUT2D eigenvalue weighted by Crippen LogP contribution is 2.44. The molecule has 1 spiro atoms. The zero-order valence-corrected chi connectivity index (χ0v) is 12.6. The van der Waals surface area contributed by atoms with Crippen LogP contribution >= 0.6 is 11.6 Å². The Bertz CT molecular complexity index is 298. The summed E-state index contributed by atoms with van der Waals surface area (Å²) in [4.78, 5) is 14.4. The summed E-state index contributed by atoms with van der Waals surface area (Å²) in [6, 6.07) is 0. The van der Waals surface area contributed by atoms with Crippen molar-refractivity contribution in [3.8, 4) is 0 Å². The Balaban J connectivity index is 1.92. The van der Waals surface area contributed by atoms with Gasteiger partial charge in [0.25, 0.3) is 0 Å². The van der Waals surface area contributed by atoms with E-state index in [-0.39, 0.29) is 5.91 Å². The molecule has 104 valence electrons. The lowest BCUT2D eigenvalue weighted by Gasteiger charge is -2.45. The molecule has 0 atom stereocenters. The molecule has 1 aliphatic carbocycles. The predicted octanol–water partition coefficient (Wildman–Crippen LogP) is 3.82.